The average molecular weight is 149 g/mol. The lowest BCUT2D eigenvalue weighted by Crippen LogP contribution is -2.26. The molecule has 2 N–H and O–H groups in total. The molecule has 9 heavy (non-hydrogen) atoms. The van der Waals surface area contributed by atoms with E-state index in [9.17, 15) is 0 Å². The molecule has 0 rings (SSSR count). The quantitative estimate of drug-likeness (QED) is 0.639. The van der Waals surface area contributed by atoms with Crippen molar-refractivity contribution in [2.45, 2.75) is 38.2 Å². The highest BCUT2D eigenvalue weighted by atomic mass is 32.3. The third-order valence-corrected chi connectivity index (χ3v) is 6.09. The van der Waals surface area contributed by atoms with Gasteiger partial charge in [-0.05, 0) is 16.8 Å². The molecule has 0 heterocycles. The van der Waals surface area contributed by atoms with E-state index < -0.39 is 10.2 Å². The van der Waals surface area contributed by atoms with Crippen LogP contribution < -0.4 is 5.14 Å². The number of rotatable bonds is 2. The Labute approximate surface area is 60.5 Å². The Balaban J connectivity index is 4.01. The molecule has 0 aromatic heterocycles. The van der Waals surface area contributed by atoms with Gasteiger partial charge in [-0.2, -0.15) is 10.2 Å². The van der Waals surface area contributed by atoms with Crippen LogP contribution in [0.2, 0.25) is 0 Å². The van der Waals surface area contributed by atoms with E-state index in [2.05, 4.69) is 34.0 Å². The zero-order valence-electron chi connectivity index (χ0n) is 7.14. The maximum atomic E-state index is 6.09. The summed E-state index contributed by atoms with van der Waals surface area (Å²) in [5.74, 6) is 0. The van der Waals surface area contributed by atoms with Crippen molar-refractivity contribution in [2.24, 2.45) is 5.14 Å². The molecule has 0 radical (unpaired) electrons. The molecule has 0 aromatic rings. The van der Waals surface area contributed by atoms with Gasteiger partial charge in [-0.15, -0.1) is 0 Å². The molecule has 0 saturated heterocycles. The Morgan fingerprint density at radius 2 is 1.22 bits per heavy atom. The first-order valence-corrected chi connectivity index (χ1v) is 5.66. The zero-order chi connectivity index (χ0) is 7.65. The Morgan fingerprint density at radius 1 is 1.00 bits per heavy atom. The molecule has 0 aromatic carbocycles. The van der Waals surface area contributed by atoms with Crippen molar-refractivity contribution in [3.63, 3.8) is 0 Å². The monoisotopic (exact) mass is 149 g/mol. The molecule has 2 heteroatoms. The van der Waals surface area contributed by atoms with Crippen LogP contribution in [0.3, 0.4) is 0 Å². The standard InChI is InChI=1S/C7H19NS/c1-6(2)9(5,8)7(3)4/h6-7H,8H2,1-5H3. The van der Waals surface area contributed by atoms with Crippen LogP contribution in [0.4, 0.5) is 0 Å². The van der Waals surface area contributed by atoms with Gasteiger partial charge in [0.15, 0.2) is 0 Å². The van der Waals surface area contributed by atoms with Gasteiger partial charge in [-0.3, -0.25) is 5.14 Å². The van der Waals surface area contributed by atoms with Crippen LogP contribution in [-0.2, 0) is 0 Å². The van der Waals surface area contributed by atoms with Gasteiger partial charge in [0, 0.05) is 0 Å². The maximum Gasteiger partial charge on any atom is -0.00544 e. The van der Waals surface area contributed by atoms with E-state index in [0.29, 0.717) is 10.5 Å². The lowest BCUT2D eigenvalue weighted by atomic mass is 10.5. The van der Waals surface area contributed by atoms with E-state index in [1.165, 1.54) is 0 Å². The van der Waals surface area contributed by atoms with Crippen molar-refractivity contribution in [2.75, 3.05) is 6.26 Å². The van der Waals surface area contributed by atoms with Gasteiger partial charge in [-0.1, -0.05) is 27.7 Å². The van der Waals surface area contributed by atoms with E-state index in [0.717, 1.165) is 0 Å². The fraction of sp³-hybridized carbons (Fsp3) is 1.00. The van der Waals surface area contributed by atoms with Crippen LogP contribution in [0.25, 0.3) is 0 Å². The molecule has 0 fully saturated rings. The van der Waals surface area contributed by atoms with Crippen molar-refractivity contribution in [3.05, 3.63) is 0 Å². The van der Waals surface area contributed by atoms with Gasteiger partial charge in [0.25, 0.3) is 0 Å². The first-order chi connectivity index (χ1) is 3.89. The minimum atomic E-state index is -0.815. The van der Waals surface area contributed by atoms with Crippen molar-refractivity contribution in [1.82, 2.24) is 0 Å². The first-order valence-electron chi connectivity index (χ1n) is 3.42. The molecule has 0 bridgehead atoms. The second kappa shape index (κ2) is 2.93. The number of hydrogen-bond donors (Lipinski definition) is 1. The van der Waals surface area contributed by atoms with Crippen molar-refractivity contribution < 1.29 is 0 Å². The minimum Gasteiger partial charge on any atom is -0.294 e. The topological polar surface area (TPSA) is 26.0 Å². The van der Waals surface area contributed by atoms with Crippen molar-refractivity contribution in [3.8, 4) is 0 Å². The molecule has 0 aliphatic rings. The molecule has 0 aliphatic carbocycles. The lowest BCUT2D eigenvalue weighted by Gasteiger charge is -2.39. The van der Waals surface area contributed by atoms with Crippen molar-refractivity contribution in [1.29, 1.82) is 0 Å². The molecule has 0 atom stereocenters. The first kappa shape index (κ1) is 9.31. The fourth-order valence-electron chi connectivity index (χ4n) is 0.544. The van der Waals surface area contributed by atoms with Gasteiger partial charge in [-0.25, -0.2) is 0 Å². The van der Waals surface area contributed by atoms with Crippen LogP contribution in [0.5, 0.6) is 0 Å². The SMILES string of the molecule is CC(C)S(C)(N)C(C)C. The highest BCUT2D eigenvalue weighted by Gasteiger charge is 2.20. The summed E-state index contributed by atoms with van der Waals surface area (Å²) in [6.07, 6.45) is 2.20. The summed E-state index contributed by atoms with van der Waals surface area (Å²) < 4.78 is 0. The molecule has 0 amide bonds. The Bertz CT molecular complexity index is 76.9. The molecule has 0 unspecified atom stereocenters. The second-order valence-electron chi connectivity index (χ2n) is 3.21. The molecule has 0 saturated carbocycles. The summed E-state index contributed by atoms with van der Waals surface area (Å²) in [5.41, 5.74) is 0. The number of nitrogens with two attached hydrogens (primary N) is 1. The van der Waals surface area contributed by atoms with E-state index in [1.807, 2.05) is 0 Å². The number of hydrogen-bond acceptors (Lipinski definition) is 1. The third kappa shape index (κ3) is 2.18. The second-order valence-corrected chi connectivity index (χ2v) is 7.33. The molecule has 58 valence electrons. The Hall–Kier alpha value is 0.310. The molecule has 1 nitrogen and oxygen atoms in total. The van der Waals surface area contributed by atoms with Crippen LogP contribution in [0.1, 0.15) is 27.7 Å². The predicted octanol–water partition coefficient (Wildman–Crippen LogP) is 2.11. The maximum absolute atomic E-state index is 6.09. The third-order valence-electron chi connectivity index (χ3n) is 2.03. The molecule has 0 aliphatic heterocycles. The van der Waals surface area contributed by atoms with E-state index in [4.69, 9.17) is 5.14 Å². The zero-order valence-corrected chi connectivity index (χ0v) is 7.96. The normalized spacial score (nSPS) is 15.1. The highest BCUT2D eigenvalue weighted by molar-refractivity contribution is 8.32. The Morgan fingerprint density at radius 3 is 1.22 bits per heavy atom. The summed E-state index contributed by atoms with van der Waals surface area (Å²) in [6, 6.07) is 0. The van der Waals surface area contributed by atoms with Crippen LogP contribution >= 0.6 is 10.2 Å². The van der Waals surface area contributed by atoms with Crippen molar-refractivity contribution >= 4 is 10.2 Å². The van der Waals surface area contributed by atoms with Crippen LogP contribution in [0.15, 0.2) is 0 Å². The summed E-state index contributed by atoms with van der Waals surface area (Å²) in [4.78, 5) is 0. The molecular weight excluding hydrogens is 130 g/mol. The van der Waals surface area contributed by atoms with E-state index in [1.54, 1.807) is 0 Å². The summed E-state index contributed by atoms with van der Waals surface area (Å²) >= 11 is 0. The summed E-state index contributed by atoms with van der Waals surface area (Å²) in [7, 11) is -0.815. The van der Waals surface area contributed by atoms with Gasteiger partial charge in [0.1, 0.15) is 0 Å². The van der Waals surface area contributed by atoms with Crippen LogP contribution in [0, 0.1) is 0 Å². The average Bonchev–Trinajstić information content (AvgIpc) is 1.65. The molecule has 0 spiro atoms. The summed E-state index contributed by atoms with van der Waals surface area (Å²) in [6.45, 7) is 8.81. The fourth-order valence-corrected chi connectivity index (χ4v) is 1.63. The van der Waals surface area contributed by atoms with Gasteiger partial charge in [0.05, 0.1) is 0 Å². The molecular formula is C7H19NS. The highest BCUT2D eigenvalue weighted by Crippen LogP contribution is 2.44. The largest absolute Gasteiger partial charge is 0.294 e. The Kier molecular flexibility index (Phi) is 3.03. The predicted molar refractivity (Wildman–Crippen MR) is 48.0 cm³/mol. The van der Waals surface area contributed by atoms with Gasteiger partial charge in [0.2, 0.25) is 0 Å². The minimum absolute atomic E-state index is 0.650. The van der Waals surface area contributed by atoms with E-state index in [-0.39, 0.29) is 0 Å². The summed E-state index contributed by atoms with van der Waals surface area (Å²) in [5, 5.41) is 7.39. The van der Waals surface area contributed by atoms with Gasteiger partial charge >= 0.3 is 0 Å². The smallest absolute Gasteiger partial charge is 0.00544 e. The van der Waals surface area contributed by atoms with E-state index >= 15 is 0 Å². The van der Waals surface area contributed by atoms with Gasteiger partial charge < -0.3 is 0 Å². The van der Waals surface area contributed by atoms with Crippen LogP contribution in [-0.4, -0.2) is 16.8 Å². The lowest BCUT2D eigenvalue weighted by molar-refractivity contribution is 1.01.